The number of ether oxygens (including phenoxy) is 1. The minimum Gasteiger partial charge on any atom is -0.361 e. The number of halogens is 1. The molecular weight excluding hydrogens is 250 g/mol. The fraction of sp³-hybridized carbons (Fsp3) is 0.462. The maximum atomic E-state index is 8.93. The molecule has 2 N–H and O–H groups in total. The Morgan fingerprint density at radius 2 is 2.33 bits per heavy atom. The summed E-state index contributed by atoms with van der Waals surface area (Å²) in [6.45, 7) is 2.37. The molecule has 1 fully saturated rings. The molecule has 0 radical (unpaired) electrons. The molecule has 0 spiro atoms. The summed E-state index contributed by atoms with van der Waals surface area (Å²) in [6.07, 6.45) is -0.379. The predicted octanol–water partition coefficient (Wildman–Crippen LogP) is 1.56. The van der Waals surface area contributed by atoms with Crippen molar-refractivity contribution in [3.05, 3.63) is 34.9 Å². The van der Waals surface area contributed by atoms with Crippen LogP contribution in [0.25, 0.3) is 0 Å². The summed E-state index contributed by atoms with van der Waals surface area (Å²) in [4.78, 5) is 2.17. The number of hydrogen-bond acceptors (Lipinski definition) is 4. The van der Waals surface area contributed by atoms with E-state index in [2.05, 4.69) is 11.0 Å². The topological polar surface area (TPSA) is 62.3 Å². The van der Waals surface area contributed by atoms with E-state index in [-0.39, 0.29) is 12.1 Å². The van der Waals surface area contributed by atoms with Crippen molar-refractivity contribution in [2.75, 3.05) is 26.2 Å². The zero-order chi connectivity index (χ0) is 13.0. The first-order chi connectivity index (χ1) is 8.76. The van der Waals surface area contributed by atoms with E-state index in [1.54, 1.807) is 0 Å². The summed E-state index contributed by atoms with van der Waals surface area (Å²) < 4.78 is 5.34. The van der Waals surface area contributed by atoms with Crippen molar-refractivity contribution in [3.63, 3.8) is 0 Å². The van der Waals surface area contributed by atoms with Crippen molar-refractivity contribution in [1.82, 2.24) is 4.90 Å². The molecule has 1 saturated heterocycles. The molecule has 18 heavy (non-hydrogen) atoms. The van der Waals surface area contributed by atoms with Crippen LogP contribution in [0.4, 0.5) is 0 Å². The van der Waals surface area contributed by atoms with Gasteiger partial charge in [-0.15, -0.1) is 0 Å². The Bertz CT molecular complexity index is 446. The number of hydrogen-bond donors (Lipinski definition) is 1. The second-order valence-electron chi connectivity index (χ2n) is 4.26. The lowest BCUT2D eigenvalue weighted by molar-refractivity contribution is -0.0161. The van der Waals surface area contributed by atoms with E-state index in [0.29, 0.717) is 24.7 Å². The summed E-state index contributed by atoms with van der Waals surface area (Å²) in [5.41, 5.74) is 6.88. The van der Waals surface area contributed by atoms with Gasteiger partial charge in [-0.2, -0.15) is 5.26 Å². The average molecular weight is 266 g/mol. The zero-order valence-corrected chi connectivity index (χ0v) is 10.8. The van der Waals surface area contributed by atoms with Gasteiger partial charge in [0.25, 0.3) is 0 Å². The molecule has 1 aliphatic rings. The quantitative estimate of drug-likeness (QED) is 0.901. The summed E-state index contributed by atoms with van der Waals surface area (Å²) in [5.74, 6) is 0. The monoisotopic (exact) mass is 265 g/mol. The number of nitrogens with two attached hydrogens (primary N) is 1. The van der Waals surface area contributed by atoms with Crippen molar-refractivity contribution < 1.29 is 4.74 Å². The van der Waals surface area contributed by atoms with Gasteiger partial charge in [-0.1, -0.05) is 29.8 Å². The lowest BCUT2D eigenvalue weighted by Crippen LogP contribution is -2.45. The summed E-state index contributed by atoms with van der Waals surface area (Å²) >= 11 is 6.21. The molecule has 0 aliphatic carbocycles. The fourth-order valence-electron chi connectivity index (χ4n) is 2.25. The van der Waals surface area contributed by atoms with Gasteiger partial charge in [-0.25, -0.2) is 0 Å². The second kappa shape index (κ2) is 6.17. The van der Waals surface area contributed by atoms with Gasteiger partial charge in [-0.3, -0.25) is 4.90 Å². The molecule has 0 aromatic heterocycles. The normalized spacial score (nSPS) is 22.4. The summed E-state index contributed by atoms with van der Waals surface area (Å²) in [7, 11) is 0. The van der Waals surface area contributed by atoms with Gasteiger partial charge in [0.15, 0.2) is 6.10 Å². The van der Waals surface area contributed by atoms with Crippen LogP contribution >= 0.6 is 11.6 Å². The first-order valence-electron chi connectivity index (χ1n) is 5.96. The Balaban J connectivity index is 2.19. The maximum Gasteiger partial charge on any atom is 0.156 e. The number of rotatable bonds is 3. The highest BCUT2D eigenvalue weighted by Gasteiger charge is 2.27. The van der Waals surface area contributed by atoms with E-state index in [9.17, 15) is 0 Å². The molecule has 1 heterocycles. The van der Waals surface area contributed by atoms with Crippen LogP contribution in [0.5, 0.6) is 0 Å². The van der Waals surface area contributed by atoms with E-state index >= 15 is 0 Å². The lowest BCUT2D eigenvalue weighted by atomic mass is 10.0. The minimum atomic E-state index is -0.379. The minimum absolute atomic E-state index is 0.0402. The van der Waals surface area contributed by atoms with E-state index in [1.165, 1.54) is 0 Å². The van der Waals surface area contributed by atoms with Crippen LogP contribution in [0.1, 0.15) is 11.6 Å². The SMILES string of the molecule is N#CC1CN(C(CN)c2ccccc2Cl)CCO1. The Labute approximate surface area is 112 Å². The number of nitriles is 1. The third-order valence-corrected chi connectivity index (χ3v) is 3.51. The smallest absolute Gasteiger partial charge is 0.156 e. The molecule has 4 nitrogen and oxygen atoms in total. The van der Waals surface area contributed by atoms with Gasteiger partial charge in [0.1, 0.15) is 0 Å². The number of benzene rings is 1. The summed E-state index contributed by atoms with van der Waals surface area (Å²) in [6, 6.07) is 9.88. The molecule has 2 rings (SSSR count). The van der Waals surface area contributed by atoms with Crippen LogP contribution in [-0.4, -0.2) is 37.2 Å². The predicted molar refractivity (Wildman–Crippen MR) is 70.2 cm³/mol. The molecule has 2 unspecified atom stereocenters. The van der Waals surface area contributed by atoms with Gasteiger partial charge in [0, 0.05) is 30.7 Å². The third-order valence-electron chi connectivity index (χ3n) is 3.17. The van der Waals surface area contributed by atoms with Crippen molar-refractivity contribution in [1.29, 1.82) is 5.26 Å². The van der Waals surface area contributed by atoms with Crippen LogP contribution < -0.4 is 5.73 Å². The third kappa shape index (κ3) is 2.82. The standard InChI is InChI=1S/C13H16ClN3O/c14-12-4-2-1-3-11(12)13(8-16)17-5-6-18-10(7-15)9-17/h1-4,10,13H,5-6,8-9,16H2. The Morgan fingerprint density at radius 1 is 1.56 bits per heavy atom. The van der Waals surface area contributed by atoms with Gasteiger partial charge in [0.2, 0.25) is 0 Å². The van der Waals surface area contributed by atoms with E-state index in [0.717, 1.165) is 12.1 Å². The molecule has 0 amide bonds. The van der Waals surface area contributed by atoms with Gasteiger partial charge < -0.3 is 10.5 Å². The molecule has 1 aliphatic heterocycles. The Hall–Kier alpha value is -1.12. The van der Waals surface area contributed by atoms with Gasteiger partial charge in [0.05, 0.1) is 12.7 Å². The fourth-order valence-corrected chi connectivity index (χ4v) is 2.51. The van der Waals surface area contributed by atoms with Crippen LogP contribution in [0.15, 0.2) is 24.3 Å². The Morgan fingerprint density at radius 3 is 3.00 bits per heavy atom. The molecule has 5 heteroatoms. The number of morpholine rings is 1. The van der Waals surface area contributed by atoms with Crippen LogP contribution in [0.3, 0.4) is 0 Å². The average Bonchev–Trinajstić information content (AvgIpc) is 2.42. The zero-order valence-electron chi connectivity index (χ0n) is 10.1. The molecule has 96 valence electrons. The van der Waals surface area contributed by atoms with Crippen LogP contribution in [0.2, 0.25) is 5.02 Å². The van der Waals surface area contributed by atoms with Crippen LogP contribution in [0, 0.1) is 11.3 Å². The van der Waals surface area contributed by atoms with Crippen molar-refractivity contribution in [2.45, 2.75) is 12.1 Å². The highest BCUT2D eigenvalue weighted by Crippen LogP contribution is 2.27. The van der Waals surface area contributed by atoms with E-state index in [1.807, 2.05) is 24.3 Å². The highest BCUT2D eigenvalue weighted by molar-refractivity contribution is 6.31. The van der Waals surface area contributed by atoms with Gasteiger partial charge >= 0.3 is 0 Å². The van der Waals surface area contributed by atoms with Crippen molar-refractivity contribution in [2.24, 2.45) is 5.73 Å². The second-order valence-corrected chi connectivity index (χ2v) is 4.66. The van der Waals surface area contributed by atoms with E-state index in [4.69, 9.17) is 27.3 Å². The summed E-state index contributed by atoms with van der Waals surface area (Å²) in [5, 5.41) is 9.65. The largest absolute Gasteiger partial charge is 0.361 e. The first kappa shape index (κ1) is 13.3. The molecule has 1 aromatic rings. The lowest BCUT2D eigenvalue weighted by Gasteiger charge is -2.36. The number of nitrogens with zero attached hydrogens (tertiary/aromatic N) is 2. The first-order valence-corrected chi connectivity index (χ1v) is 6.34. The molecule has 2 atom stereocenters. The maximum absolute atomic E-state index is 8.93. The van der Waals surface area contributed by atoms with Crippen LogP contribution in [-0.2, 0) is 4.74 Å². The molecule has 0 bridgehead atoms. The van der Waals surface area contributed by atoms with Crippen molar-refractivity contribution in [3.8, 4) is 6.07 Å². The molecule has 1 aromatic carbocycles. The van der Waals surface area contributed by atoms with E-state index < -0.39 is 0 Å². The van der Waals surface area contributed by atoms with Gasteiger partial charge in [-0.05, 0) is 11.6 Å². The highest BCUT2D eigenvalue weighted by atomic mass is 35.5. The Kier molecular flexibility index (Phi) is 4.56. The molecule has 0 saturated carbocycles. The van der Waals surface area contributed by atoms with Crippen molar-refractivity contribution >= 4 is 11.6 Å². The molecular formula is C13H16ClN3O.